The van der Waals surface area contributed by atoms with Gasteiger partial charge in [0.1, 0.15) is 20.7 Å². The number of aliphatic carboxylic acids is 1. The minimum Gasteiger partial charge on any atom is -0.495 e. The molecule has 0 amide bonds. The number of methoxy groups -OCH3 is 1. The molecular formula is C20H17N3O5S2. The molecule has 3 aromatic rings. The lowest BCUT2D eigenvalue weighted by Crippen LogP contribution is -2.14. The molecule has 0 atom stereocenters. The second-order valence-corrected chi connectivity index (χ2v) is 8.53. The fraction of sp³-hybridized carbons (Fsp3) is 0.0500. The Bertz CT molecular complexity index is 1180. The Kier molecular flexibility index (Phi) is 6.70. The summed E-state index contributed by atoms with van der Waals surface area (Å²) < 4.78 is 33.6. The zero-order valence-corrected chi connectivity index (χ0v) is 17.4. The van der Waals surface area contributed by atoms with E-state index in [-0.39, 0.29) is 10.6 Å². The first-order valence-electron chi connectivity index (χ1n) is 8.54. The third-order valence-electron chi connectivity index (χ3n) is 3.73. The highest BCUT2D eigenvalue weighted by atomic mass is 32.2. The number of sulfonamides is 1. The summed E-state index contributed by atoms with van der Waals surface area (Å²) in [6.45, 7) is 0. The number of hydrogen-bond donors (Lipinski definition) is 2. The molecule has 0 bridgehead atoms. The van der Waals surface area contributed by atoms with Gasteiger partial charge in [0.15, 0.2) is 0 Å². The van der Waals surface area contributed by atoms with Crippen LogP contribution < -0.4 is 9.46 Å². The molecule has 0 aliphatic carbocycles. The standard InChI is InChI=1S/C20H17N3O5S2/c1-28-16-7-5-14(6-8-20(24)25)12-17(16)30(26,27)23-15-9-11-22-19(13-15)29-18-4-2-3-10-21-18/h2-13H,1H3,(H,22,23)(H,24,25)/b8-6+. The molecule has 0 radical (unpaired) electrons. The number of aromatic nitrogens is 2. The second kappa shape index (κ2) is 9.42. The quantitative estimate of drug-likeness (QED) is 0.508. The van der Waals surface area contributed by atoms with Gasteiger partial charge in [0.2, 0.25) is 0 Å². The first kappa shape index (κ1) is 21.3. The van der Waals surface area contributed by atoms with Gasteiger partial charge in [0.05, 0.1) is 12.8 Å². The molecule has 2 aromatic heterocycles. The predicted octanol–water partition coefficient (Wildman–Crippen LogP) is 3.54. The summed E-state index contributed by atoms with van der Waals surface area (Å²) in [6, 6.07) is 13.0. The third kappa shape index (κ3) is 5.58. The van der Waals surface area contributed by atoms with Crippen LogP contribution in [0.4, 0.5) is 5.69 Å². The summed E-state index contributed by atoms with van der Waals surface area (Å²) in [5, 5.41) is 10.1. The summed E-state index contributed by atoms with van der Waals surface area (Å²) in [4.78, 5) is 19.0. The number of nitrogens with one attached hydrogen (secondary N) is 1. The van der Waals surface area contributed by atoms with Crippen molar-refractivity contribution in [1.82, 2.24) is 9.97 Å². The molecule has 0 saturated heterocycles. The van der Waals surface area contributed by atoms with E-state index in [0.717, 1.165) is 11.1 Å². The van der Waals surface area contributed by atoms with Gasteiger partial charge in [-0.15, -0.1) is 0 Å². The molecule has 0 aliphatic heterocycles. The van der Waals surface area contributed by atoms with Gasteiger partial charge in [-0.25, -0.2) is 23.2 Å². The Balaban J connectivity index is 1.88. The topological polar surface area (TPSA) is 118 Å². The van der Waals surface area contributed by atoms with Gasteiger partial charge in [-0.1, -0.05) is 23.9 Å². The van der Waals surface area contributed by atoms with Crippen LogP contribution in [0.15, 0.2) is 81.9 Å². The normalized spacial score (nSPS) is 11.4. The molecule has 2 heterocycles. The predicted molar refractivity (Wildman–Crippen MR) is 113 cm³/mol. The Morgan fingerprint density at radius 3 is 2.60 bits per heavy atom. The number of anilines is 1. The zero-order chi connectivity index (χ0) is 21.6. The smallest absolute Gasteiger partial charge is 0.328 e. The van der Waals surface area contributed by atoms with Gasteiger partial charge in [-0.3, -0.25) is 4.72 Å². The number of nitrogens with zero attached hydrogens (tertiary/aromatic N) is 2. The number of carboxylic acids is 1. The van der Waals surface area contributed by atoms with Crippen molar-refractivity contribution < 1.29 is 23.1 Å². The van der Waals surface area contributed by atoms with Crippen LogP contribution in [0.5, 0.6) is 5.75 Å². The molecule has 10 heteroatoms. The summed E-state index contributed by atoms with van der Waals surface area (Å²) >= 11 is 1.30. The average Bonchev–Trinajstić information content (AvgIpc) is 2.72. The summed E-state index contributed by atoms with van der Waals surface area (Å²) in [6.07, 6.45) is 5.38. The van der Waals surface area contributed by atoms with Crippen molar-refractivity contribution in [3.8, 4) is 5.75 Å². The molecule has 0 spiro atoms. The zero-order valence-electron chi connectivity index (χ0n) is 15.7. The van der Waals surface area contributed by atoms with Crippen molar-refractivity contribution in [3.63, 3.8) is 0 Å². The van der Waals surface area contributed by atoms with Crippen molar-refractivity contribution in [2.75, 3.05) is 11.8 Å². The van der Waals surface area contributed by atoms with Crippen molar-refractivity contribution in [1.29, 1.82) is 0 Å². The van der Waals surface area contributed by atoms with Crippen molar-refractivity contribution in [2.24, 2.45) is 0 Å². The maximum atomic E-state index is 13.0. The monoisotopic (exact) mass is 443 g/mol. The van der Waals surface area contributed by atoms with E-state index in [4.69, 9.17) is 9.84 Å². The molecule has 0 unspecified atom stereocenters. The van der Waals surface area contributed by atoms with Gasteiger partial charge in [0, 0.05) is 18.5 Å². The summed E-state index contributed by atoms with van der Waals surface area (Å²) in [7, 11) is -2.66. The number of pyridine rings is 2. The second-order valence-electron chi connectivity index (χ2n) is 5.84. The number of carbonyl (C=O) groups is 1. The van der Waals surface area contributed by atoms with Crippen LogP contribution >= 0.6 is 11.8 Å². The average molecular weight is 444 g/mol. The fourth-order valence-corrected chi connectivity index (χ4v) is 4.46. The van der Waals surface area contributed by atoms with E-state index >= 15 is 0 Å². The summed E-state index contributed by atoms with van der Waals surface area (Å²) in [5.41, 5.74) is 0.719. The maximum absolute atomic E-state index is 13.0. The fourth-order valence-electron chi connectivity index (χ4n) is 2.43. The largest absolute Gasteiger partial charge is 0.495 e. The molecule has 0 aliphatic rings. The highest BCUT2D eigenvalue weighted by Gasteiger charge is 2.20. The molecule has 8 nitrogen and oxygen atoms in total. The Morgan fingerprint density at radius 2 is 1.90 bits per heavy atom. The van der Waals surface area contributed by atoms with Gasteiger partial charge in [-0.05, 0) is 48.0 Å². The maximum Gasteiger partial charge on any atom is 0.328 e. The highest BCUT2D eigenvalue weighted by molar-refractivity contribution is 7.99. The minimum atomic E-state index is -4.02. The lowest BCUT2D eigenvalue weighted by Gasteiger charge is -2.13. The Morgan fingerprint density at radius 1 is 1.10 bits per heavy atom. The number of carboxylic acid groups (broad SMARTS) is 1. The highest BCUT2D eigenvalue weighted by Crippen LogP contribution is 2.29. The van der Waals surface area contributed by atoms with Crippen LogP contribution in [0.3, 0.4) is 0 Å². The lowest BCUT2D eigenvalue weighted by atomic mass is 10.2. The van der Waals surface area contributed by atoms with Crippen LogP contribution in [-0.4, -0.2) is 36.6 Å². The third-order valence-corrected chi connectivity index (χ3v) is 6.02. The molecular weight excluding hydrogens is 426 g/mol. The molecule has 2 N–H and O–H groups in total. The van der Waals surface area contributed by atoms with E-state index in [1.807, 2.05) is 12.1 Å². The lowest BCUT2D eigenvalue weighted by molar-refractivity contribution is -0.131. The van der Waals surface area contributed by atoms with Gasteiger partial charge < -0.3 is 9.84 Å². The van der Waals surface area contributed by atoms with Gasteiger partial charge in [0.25, 0.3) is 10.0 Å². The van der Waals surface area contributed by atoms with Crippen LogP contribution in [0.25, 0.3) is 6.08 Å². The summed E-state index contributed by atoms with van der Waals surface area (Å²) in [5.74, 6) is -1.00. The van der Waals surface area contributed by atoms with E-state index in [0.29, 0.717) is 16.3 Å². The van der Waals surface area contributed by atoms with Gasteiger partial charge in [-0.2, -0.15) is 0 Å². The van der Waals surface area contributed by atoms with Crippen LogP contribution in [0, 0.1) is 0 Å². The molecule has 30 heavy (non-hydrogen) atoms. The van der Waals surface area contributed by atoms with Crippen molar-refractivity contribution in [2.45, 2.75) is 14.9 Å². The molecule has 0 fully saturated rings. The van der Waals surface area contributed by atoms with E-state index in [1.54, 1.807) is 24.4 Å². The van der Waals surface area contributed by atoms with Crippen molar-refractivity contribution in [3.05, 3.63) is 72.6 Å². The molecule has 1 aromatic carbocycles. The Hall–Kier alpha value is -3.37. The van der Waals surface area contributed by atoms with Crippen molar-refractivity contribution >= 4 is 39.5 Å². The van der Waals surface area contributed by atoms with Crippen LogP contribution in [-0.2, 0) is 14.8 Å². The molecule has 0 saturated carbocycles. The van der Waals surface area contributed by atoms with E-state index in [9.17, 15) is 13.2 Å². The number of hydrogen-bond acceptors (Lipinski definition) is 7. The first-order valence-corrected chi connectivity index (χ1v) is 10.8. The number of benzene rings is 1. The van der Waals surface area contributed by atoms with E-state index in [2.05, 4.69) is 14.7 Å². The first-order chi connectivity index (χ1) is 14.4. The van der Waals surface area contributed by atoms with Crippen LogP contribution in [0.1, 0.15) is 5.56 Å². The number of rotatable bonds is 8. The minimum absolute atomic E-state index is 0.117. The molecule has 3 rings (SSSR count). The van der Waals surface area contributed by atoms with E-state index in [1.165, 1.54) is 49.3 Å². The van der Waals surface area contributed by atoms with Crippen LogP contribution in [0.2, 0.25) is 0 Å². The van der Waals surface area contributed by atoms with E-state index < -0.39 is 16.0 Å². The SMILES string of the molecule is COc1ccc(/C=C/C(=O)O)cc1S(=O)(=O)Nc1ccnc(Sc2ccccn2)c1. The number of ether oxygens (including phenoxy) is 1. The molecule has 154 valence electrons. The van der Waals surface area contributed by atoms with Gasteiger partial charge >= 0.3 is 5.97 Å². The Labute approximate surface area is 177 Å².